The topological polar surface area (TPSA) is 34.0 Å². The lowest BCUT2D eigenvalue weighted by atomic mass is 9.98. The Morgan fingerprint density at radius 2 is 1.76 bits per heavy atom. The van der Waals surface area contributed by atoms with Crippen LogP contribution in [0.15, 0.2) is 67.0 Å². The van der Waals surface area contributed by atoms with Crippen LogP contribution in [0.25, 0.3) is 0 Å². The van der Waals surface area contributed by atoms with Gasteiger partial charge in [-0.2, -0.15) is 0 Å². The van der Waals surface area contributed by atoms with Gasteiger partial charge in [-0.15, -0.1) is 0 Å². The molecule has 3 nitrogen and oxygen atoms in total. The number of hydrogen-bond acceptors (Lipinski definition) is 1. The van der Waals surface area contributed by atoms with E-state index in [0.29, 0.717) is 17.7 Å². The smallest absolute Gasteiger partial charge is 0.226 e. The van der Waals surface area contributed by atoms with Crippen molar-refractivity contribution >= 4 is 11.6 Å². The molecule has 25 heavy (non-hydrogen) atoms. The zero-order chi connectivity index (χ0) is 17.8. The third kappa shape index (κ3) is 3.97. The van der Waals surface area contributed by atoms with E-state index < -0.39 is 0 Å². The summed E-state index contributed by atoms with van der Waals surface area (Å²) >= 11 is 0. The van der Waals surface area contributed by atoms with Crippen molar-refractivity contribution in [3.8, 4) is 0 Å². The van der Waals surface area contributed by atoms with Crippen molar-refractivity contribution in [2.45, 2.75) is 26.3 Å². The molecule has 1 N–H and O–H groups in total. The molecule has 0 saturated carbocycles. The van der Waals surface area contributed by atoms with Gasteiger partial charge in [-0.05, 0) is 60.9 Å². The molecule has 3 rings (SSSR count). The maximum absolute atomic E-state index is 13.2. The van der Waals surface area contributed by atoms with Gasteiger partial charge in [0.1, 0.15) is 5.82 Å². The van der Waals surface area contributed by atoms with E-state index in [1.807, 2.05) is 54.2 Å². The van der Waals surface area contributed by atoms with Crippen molar-refractivity contribution in [3.63, 3.8) is 0 Å². The third-order valence-corrected chi connectivity index (χ3v) is 4.38. The normalized spacial score (nSPS) is 12.0. The van der Waals surface area contributed by atoms with E-state index in [0.717, 1.165) is 11.1 Å². The fourth-order valence-electron chi connectivity index (χ4n) is 3.04. The van der Waals surface area contributed by atoms with Crippen molar-refractivity contribution < 1.29 is 9.18 Å². The van der Waals surface area contributed by atoms with E-state index in [2.05, 4.69) is 11.4 Å². The van der Waals surface area contributed by atoms with Gasteiger partial charge >= 0.3 is 0 Å². The van der Waals surface area contributed by atoms with Gasteiger partial charge in [0, 0.05) is 18.1 Å². The fraction of sp³-hybridized carbons (Fsp3) is 0.190. The van der Waals surface area contributed by atoms with E-state index in [4.69, 9.17) is 0 Å². The lowest BCUT2D eigenvalue weighted by Gasteiger charge is -2.21. The quantitative estimate of drug-likeness (QED) is 0.709. The highest BCUT2D eigenvalue weighted by Crippen LogP contribution is 2.26. The summed E-state index contributed by atoms with van der Waals surface area (Å²) < 4.78 is 15.3. The molecule has 4 heteroatoms. The Balaban J connectivity index is 1.83. The van der Waals surface area contributed by atoms with Gasteiger partial charge in [-0.1, -0.05) is 24.3 Å². The minimum Gasteiger partial charge on any atom is -0.346 e. The van der Waals surface area contributed by atoms with Crippen LogP contribution >= 0.6 is 0 Å². The molecule has 0 saturated heterocycles. The summed E-state index contributed by atoms with van der Waals surface area (Å²) in [6.45, 7) is 3.83. The predicted molar refractivity (Wildman–Crippen MR) is 98.1 cm³/mol. The summed E-state index contributed by atoms with van der Waals surface area (Å²) in [4.78, 5) is 12.6. The molecule has 0 aliphatic rings. The Morgan fingerprint density at radius 1 is 1.04 bits per heavy atom. The zero-order valence-electron chi connectivity index (χ0n) is 14.4. The third-order valence-electron chi connectivity index (χ3n) is 4.38. The van der Waals surface area contributed by atoms with Crippen molar-refractivity contribution in [1.82, 2.24) is 4.57 Å². The summed E-state index contributed by atoms with van der Waals surface area (Å²) in [6.07, 6.45) is 4.23. The van der Waals surface area contributed by atoms with Crippen LogP contribution in [-0.2, 0) is 4.79 Å². The van der Waals surface area contributed by atoms with Gasteiger partial charge in [0.25, 0.3) is 0 Å². The molecule has 0 bridgehead atoms. The molecule has 0 aliphatic carbocycles. The van der Waals surface area contributed by atoms with Crippen LogP contribution < -0.4 is 5.32 Å². The SMILES string of the molecule is Cc1cc(F)ccc1NC(=O)C[C@H](c1ccccc1C)n1cccc1. The van der Waals surface area contributed by atoms with Crippen LogP contribution in [0.1, 0.15) is 29.2 Å². The van der Waals surface area contributed by atoms with Crippen molar-refractivity contribution in [2.24, 2.45) is 0 Å². The van der Waals surface area contributed by atoms with Gasteiger partial charge in [-0.3, -0.25) is 4.79 Å². The molecule has 0 spiro atoms. The zero-order valence-corrected chi connectivity index (χ0v) is 14.4. The molecule has 0 unspecified atom stereocenters. The number of nitrogens with zero attached hydrogens (tertiary/aromatic N) is 1. The molecule has 1 heterocycles. The first-order valence-electron chi connectivity index (χ1n) is 8.28. The number of halogens is 1. The first-order chi connectivity index (χ1) is 12.0. The van der Waals surface area contributed by atoms with Gasteiger partial charge in [0.15, 0.2) is 0 Å². The number of amides is 1. The van der Waals surface area contributed by atoms with E-state index in [1.54, 1.807) is 13.0 Å². The molecular formula is C21H21FN2O. The average molecular weight is 336 g/mol. The highest BCUT2D eigenvalue weighted by Gasteiger charge is 2.19. The molecule has 1 amide bonds. The van der Waals surface area contributed by atoms with Crippen LogP contribution in [0.5, 0.6) is 0 Å². The molecule has 2 aromatic carbocycles. The molecule has 3 aromatic rings. The molecule has 128 valence electrons. The van der Waals surface area contributed by atoms with Gasteiger partial charge < -0.3 is 9.88 Å². The summed E-state index contributed by atoms with van der Waals surface area (Å²) in [5.74, 6) is -0.405. The van der Waals surface area contributed by atoms with Gasteiger partial charge in [0.2, 0.25) is 5.91 Å². The summed E-state index contributed by atoms with van der Waals surface area (Å²) in [5.41, 5.74) is 3.61. The van der Waals surface area contributed by atoms with Crippen LogP contribution in [0.2, 0.25) is 0 Å². The Labute approximate surface area is 147 Å². The minimum atomic E-state index is -0.305. The Kier molecular flexibility index (Phi) is 4.98. The number of hydrogen-bond donors (Lipinski definition) is 1. The fourth-order valence-corrected chi connectivity index (χ4v) is 3.04. The summed E-state index contributed by atoms with van der Waals surface area (Å²) in [7, 11) is 0. The minimum absolute atomic E-state index is 0.0862. The highest BCUT2D eigenvalue weighted by atomic mass is 19.1. The van der Waals surface area contributed by atoms with Crippen molar-refractivity contribution in [2.75, 3.05) is 5.32 Å². The number of nitrogens with one attached hydrogen (secondary N) is 1. The number of benzene rings is 2. The second-order valence-electron chi connectivity index (χ2n) is 6.21. The van der Waals surface area contributed by atoms with Crippen LogP contribution in [0.4, 0.5) is 10.1 Å². The predicted octanol–water partition coefficient (Wildman–Crippen LogP) is 4.86. The number of anilines is 1. The number of aromatic nitrogens is 1. The Morgan fingerprint density at radius 3 is 2.44 bits per heavy atom. The largest absolute Gasteiger partial charge is 0.346 e. The number of rotatable bonds is 5. The molecule has 0 aliphatic heterocycles. The maximum atomic E-state index is 13.2. The van der Waals surface area contributed by atoms with E-state index in [1.165, 1.54) is 12.1 Å². The molecule has 0 fully saturated rings. The van der Waals surface area contributed by atoms with Crippen LogP contribution in [-0.4, -0.2) is 10.5 Å². The first kappa shape index (κ1) is 17.0. The monoisotopic (exact) mass is 336 g/mol. The first-order valence-corrected chi connectivity index (χ1v) is 8.28. The molecule has 1 aromatic heterocycles. The second kappa shape index (κ2) is 7.34. The van der Waals surface area contributed by atoms with Crippen molar-refractivity contribution in [3.05, 3.63) is 89.5 Å². The Hall–Kier alpha value is -2.88. The van der Waals surface area contributed by atoms with Crippen molar-refractivity contribution in [1.29, 1.82) is 0 Å². The van der Waals surface area contributed by atoms with E-state index >= 15 is 0 Å². The molecule has 1 atom stereocenters. The van der Waals surface area contributed by atoms with E-state index in [-0.39, 0.29) is 17.8 Å². The second-order valence-corrected chi connectivity index (χ2v) is 6.21. The number of carbonyl (C=O) groups excluding carboxylic acids is 1. The lowest BCUT2D eigenvalue weighted by Crippen LogP contribution is -2.20. The summed E-state index contributed by atoms with van der Waals surface area (Å²) in [6, 6.07) is 16.3. The number of aryl methyl sites for hydroxylation is 2. The lowest BCUT2D eigenvalue weighted by molar-refractivity contribution is -0.116. The highest BCUT2D eigenvalue weighted by molar-refractivity contribution is 5.92. The van der Waals surface area contributed by atoms with E-state index in [9.17, 15) is 9.18 Å². The standard InChI is InChI=1S/C21H21FN2O/c1-15-7-3-4-8-18(15)20(24-11-5-6-12-24)14-21(25)23-19-10-9-17(22)13-16(19)2/h3-13,20H,14H2,1-2H3,(H,23,25)/t20-/m1/s1. The maximum Gasteiger partial charge on any atom is 0.226 e. The molecular weight excluding hydrogens is 315 g/mol. The summed E-state index contributed by atoms with van der Waals surface area (Å²) in [5, 5.41) is 2.90. The average Bonchev–Trinajstić information content (AvgIpc) is 3.10. The van der Waals surface area contributed by atoms with Gasteiger partial charge in [0.05, 0.1) is 12.5 Å². The van der Waals surface area contributed by atoms with Crippen LogP contribution in [0, 0.1) is 19.7 Å². The van der Waals surface area contributed by atoms with Gasteiger partial charge in [-0.25, -0.2) is 4.39 Å². The number of carbonyl (C=O) groups is 1. The Bertz CT molecular complexity index is 871. The van der Waals surface area contributed by atoms with Crippen LogP contribution in [0.3, 0.4) is 0 Å². The molecule has 0 radical (unpaired) electrons.